The third kappa shape index (κ3) is 4.61. The van der Waals surface area contributed by atoms with Gasteiger partial charge in [0.25, 0.3) is 5.91 Å². The molecule has 0 radical (unpaired) electrons. The van der Waals surface area contributed by atoms with E-state index in [4.69, 9.17) is 4.74 Å². The van der Waals surface area contributed by atoms with Crippen LogP contribution in [0.2, 0.25) is 0 Å². The Hall–Kier alpha value is -2.34. The minimum absolute atomic E-state index is 0.160. The number of amides is 1. The SMILES string of the molecule is COc1ccc(NCC(=O)NN=Cc2sccc2C)cc1. The number of aryl methyl sites for hydroxylation is 1. The first-order valence-corrected chi connectivity index (χ1v) is 7.31. The van der Waals surface area contributed by atoms with Crippen molar-refractivity contribution in [3.63, 3.8) is 0 Å². The molecule has 6 heteroatoms. The van der Waals surface area contributed by atoms with E-state index in [2.05, 4.69) is 15.8 Å². The van der Waals surface area contributed by atoms with Gasteiger partial charge in [0, 0.05) is 10.6 Å². The highest BCUT2D eigenvalue weighted by Gasteiger charge is 2.00. The van der Waals surface area contributed by atoms with E-state index in [1.54, 1.807) is 24.7 Å². The minimum Gasteiger partial charge on any atom is -0.497 e. The normalized spacial score (nSPS) is 10.6. The number of carbonyl (C=O) groups is 1. The molecular formula is C15H17N3O2S. The molecule has 1 aromatic heterocycles. The monoisotopic (exact) mass is 303 g/mol. The lowest BCUT2D eigenvalue weighted by molar-refractivity contribution is -0.119. The summed E-state index contributed by atoms with van der Waals surface area (Å²) in [6, 6.07) is 9.38. The van der Waals surface area contributed by atoms with E-state index in [0.717, 1.165) is 21.9 Å². The zero-order chi connectivity index (χ0) is 15.1. The van der Waals surface area contributed by atoms with Crippen molar-refractivity contribution in [3.05, 3.63) is 46.2 Å². The van der Waals surface area contributed by atoms with Crippen molar-refractivity contribution in [3.8, 4) is 5.75 Å². The van der Waals surface area contributed by atoms with Crippen LogP contribution in [-0.2, 0) is 4.79 Å². The zero-order valence-electron chi connectivity index (χ0n) is 11.9. The molecule has 1 heterocycles. The van der Waals surface area contributed by atoms with Gasteiger partial charge in [-0.3, -0.25) is 4.79 Å². The second-order valence-electron chi connectivity index (χ2n) is 4.34. The van der Waals surface area contributed by atoms with Crippen molar-refractivity contribution in [2.24, 2.45) is 5.10 Å². The lowest BCUT2D eigenvalue weighted by atomic mass is 10.3. The second kappa shape index (κ2) is 7.44. The molecule has 0 saturated heterocycles. The first kappa shape index (κ1) is 15.1. The summed E-state index contributed by atoms with van der Waals surface area (Å²) in [5.74, 6) is 0.581. The van der Waals surface area contributed by atoms with Gasteiger partial charge in [-0.15, -0.1) is 11.3 Å². The molecule has 110 valence electrons. The van der Waals surface area contributed by atoms with Crippen molar-refractivity contribution in [2.75, 3.05) is 19.0 Å². The van der Waals surface area contributed by atoms with Crippen LogP contribution < -0.4 is 15.5 Å². The van der Waals surface area contributed by atoms with Gasteiger partial charge in [0.2, 0.25) is 0 Å². The quantitative estimate of drug-likeness (QED) is 0.637. The molecule has 0 bridgehead atoms. The van der Waals surface area contributed by atoms with Crippen molar-refractivity contribution >= 4 is 29.1 Å². The van der Waals surface area contributed by atoms with Crippen LogP contribution in [0.5, 0.6) is 5.75 Å². The number of hydrazone groups is 1. The fraction of sp³-hybridized carbons (Fsp3) is 0.200. The summed E-state index contributed by atoms with van der Waals surface area (Å²) in [6.45, 7) is 2.16. The van der Waals surface area contributed by atoms with Crippen molar-refractivity contribution < 1.29 is 9.53 Å². The van der Waals surface area contributed by atoms with Gasteiger partial charge in [-0.1, -0.05) is 0 Å². The van der Waals surface area contributed by atoms with Gasteiger partial charge in [-0.05, 0) is 48.2 Å². The van der Waals surface area contributed by atoms with Gasteiger partial charge in [0.1, 0.15) is 5.75 Å². The molecule has 1 amide bonds. The average molecular weight is 303 g/mol. The first-order valence-electron chi connectivity index (χ1n) is 6.43. The molecule has 5 nitrogen and oxygen atoms in total. The Morgan fingerprint density at radius 3 is 2.71 bits per heavy atom. The lowest BCUT2D eigenvalue weighted by Gasteiger charge is -2.06. The van der Waals surface area contributed by atoms with Crippen LogP contribution >= 0.6 is 11.3 Å². The van der Waals surface area contributed by atoms with E-state index in [1.165, 1.54) is 0 Å². The van der Waals surface area contributed by atoms with Crippen LogP contribution in [-0.4, -0.2) is 25.8 Å². The van der Waals surface area contributed by atoms with E-state index in [9.17, 15) is 4.79 Å². The fourth-order valence-corrected chi connectivity index (χ4v) is 2.40. The van der Waals surface area contributed by atoms with Crippen molar-refractivity contribution in [2.45, 2.75) is 6.92 Å². The molecule has 21 heavy (non-hydrogen) atoms. The summed E-state index contributed by atoms with van der Waals surface area (Å²) in [5.41, 5.74) is 4.49. The van der Waals surface area contributed by atoms with Gasteiger partial charge in [0.15, 0.2) is 0 Å². The Balaban J connectivity index is 1.76. The number of hydrogen-bond donors (Lipinski definition) is 2. The third-order valence-electron chi connectivity index (χ3n) is 2.82. The van der Waals surface area contributed by atoms with Gasteiger partial charge < -0.3 is 10.1 Å². The second-order valence-corrected chi connectivity index (χ2v) is 5.29. The highest BCUT2D eigenvalue weighted by Crippen LogP contribution is 2.14. The Morgan fingerprint density at radius 2 is 2.10 bits per heavy atom. The molecule has 0 aliphatic carbocycles. The molecule has 0 unspecified atom stereocenters. The number of rotatable bonds is 6. The average Bonchev–Trinajstić information content (AvgIpc) is 2.91. The standard InChI is InChI=1S/C15H17N3O2S/c1-11-7-8-21-14(11)9-17-18-15(19)10-16-12-3-5-13(20-2)6-4-12/h3-9,16H,10H2,1-2H3,(H,18,19). The molecule has 2 rings (SSSR count). The summed E-state index contributed by atoms with van der Waals surface area (Å²) in [4.78, 5) is 12.7. The van der Waals surface area contributed by atoms with Gasteiger partial charge in [-0.25, -0.2) is 5.43 Å². The minimum atomic E-state index is -0.198. The van der Waals surface area contributed by atoms with Crippen molar-refractivity contribution in [1.29, 1.82) is 0 Å². The van der Waals surface area contributed by atoms with E-state index in [-0.39, 0.29) is 12.5 Å². The summed E-state index contributed by atoms with van der Waals surface area (Å²) in [7, 11) is 1.61. The van der Waals surface area contributed by atoms with Crippen LogP contribution in [0.15, 0.2) is 40.8 Å². The molecule has 2 aromatic rings. The van der Waals surface area contributed by atoms with Gasteiger partial charge >= 0.3 is 0 Å². The third-order valence-corrected chi connectivity index (χ3v) is 3.77. The van der Waals surface area contributed by atoms with E-state index in [0.29, 0.717) is 0 Å². The first-order chi connectivity index (χ1) is 10.2. The molecule has 0 atom stereocenters. The number of ether oxygens (including phenoxy) is 1. The summed E-state index contributed by atoms with van der Waals surface area (Å²) < 4.78 is 5.07. The maximum absolute atomic E-state index is 11.6. The molecule has 1 aromatic carbocycles. The van der Waals surface area contributed by atoms with E-state index in [1.807, 2.05) is 42.6 Å². The molecule has 2 N–H and O–H groups in total. The topological polar surface area (TPSA) is 62.7 Å². The number of carbonyl (C=O) groups excluding carboxylic acids is 1. The van der Waals surface area contributed by atoms with E-state index < -0.39 is 0 Å². The van der Waals surface area contributed by atoms with Crippen molar-refractivity contribution in [1.82, 2.24) is 5.43 Å². The largest absolute Gasteiger partial charge is 0.497 e. The Morgan fingerprint density at radius 1 is 1.33 bits per heavy atom. The maximum atomic E-state index is 11.6. The molecule has 0 spiro atoms. The van der Waals surface area contributed by atoms with Gasteiger partial charge in [0.05, 0.1) is 19.9 Å². The summed E-state index contributed by atoms with van der Waals surface area (Å²) in [5, 5.41) is 8.94. The fourth-order valence-electron chi connectivity index (χ4n) is 1.61. The van der Waals surface area contributed by atoms with Crippen LogP contribution in [0, 0.1) is 6.92 Å². The predicted octanol–water partition coefficient (Wildman–Crippen LogP) is 2.63. The molecule has 0 aliphatic heterocycles. The number of anilines is 1. The van der Waals surface area contributed by atoms with E-state index >= 15 is 0 Å². The van der Waals surface area contributed by atoms with Gasteiger partial charge in [-0.2, -0.15) is 5.10 Å². The van der Waals surface area contributed by atoms with Crippen LogP contribution in [0.25, 0.3) is 0 Å². The Labute approximate surface area is 127 Å². The highest BCUT2D eigenvalue weighted by atomic mass is 32.1. The summed E-state index contributed by atoms with van der Waals surface area (Å²) in [6.07, 6.45) is 1.66. The molecular weight excluding hydrogens is 286 g/mol. The molecule has 0 aliphatic rings. The number of nitrogens with one attached hydrogen (secondary N) is 2. The summed E-state index contributed by atoms with van der Waals surface area (Å²) >= 11 is 1.59. The Kier molecular flexibility index (Phi) is 5.34. The zero-order valence-corrected chi connectivity index (χ0v) is 12.7. The number of methoxy groups -OCH3 is 1. The number of benzene rings is 1. The maximum Gasteiger partial charge on any atom is 0.259 e. The smallest absolute Gasteiger partial charge is 0.259 e. The van der Waals surface area contributed by atoms with Crippen LogP contribution in [0.4, 0.5) is 5.69 Å². The Bertz CT molecular complexity index is 620. The lowest BCUT2D eigenvalue weighted by Crippen LogP contribution is -2.25. The number of nitrogens with zero attached hydrogens (tertiary/aromatic N) is 1. The number of hydrogen-bond acceptors (Lipinski definition) is 5. The highest BCUT2D eigenvalue weighted by molar-refractivity contribution is 7.11. The molecule has 0 saturated carbocycles. The van der Waals surface area contributed by atoms with Crippen LogP contribution in [0.1, 0.15) is 10.4 Å². The number of thiophene rings is 1. The molecule has 0 fully saturated rings. The van der Waals surface area contributed by atoms with Crippen LogP contribution in [0.3, 0.4) is 0 Å². The predicted molar refractivity (Wildman–Crippen MR) is 86.3 cm³/mol.